The smallest absolute Gasteiger partial charge is 0.0615 e. The van der Waals surface area contributed by atoms with E-state index in [9.17, 15) is 0 Å². The van der Waals surface area contributed by atoms with Crippen LogP contribution in [0.4, 0.5) is 0 Å². The molecule has 1 rings (SSSR count). The van der Waals surface area contributed by atoms with Gasteiger partial charge >= 0.3 is 0 Å². The van der Waals surface area contributed by atoms with Gasteiger partial charge in [-0.3, -0.25) is 4.90 Å². The predicted octanol–water partition coefficient (Wildman–Crippen LogP) is 0.953. The molecule has 0 aliphatic carbocycles. The molecule has 1 fully saturated rings. The normalized spacial score (nSPS) is 30.9. The molecule has 0 bridgehead atoms. The molecule has 0 aromatic carbocycles. The molecule has 0 spiro atoms. The van der Waals surface area contributed by atoms with E-state index in [1.807, 2.05) is 7.05 Å². The third kappa shape index (κ3) is 2.94. The summed E-state index contributed by atoms with van der Waals surface area (Å²) in [4.78, 5) is 2.53. The molecule has 1 aliphatic rings. The Bertz CT molecular complexity index is 175. The van der Waals surface area contributed by atoms with Gasteiger partial charge in [-0.1, -0.05) is 6.92 Å². The molecule has 2 atom stereocenters. The van der Waals surface area contributed by atoms with Gasteiger partial charge in [0.25, 0.3) is 0 Å². The maximum atomic E-state index is 5.19. The van der Waals surface area contributed by atoms with Crippen LogP contribution in [-0.4, -0.2) is 51.3 Å². The molecule has 0 aromatic rings. The fraction of sp³-hybridized carbons (Fsp3) is 1.00. The Morgan fingerprint density at radius 3 is 2.86 bits per heavy atom. The highest BCUT2D eigenvalue weighted by molar-refractivity contribution is 4.89. The number of nitrogens with one attached hydrogen (secondary N) is 1. The summed E-state index contributed by atoms with van der Waals surface area (Å²) < 4.78 is 5.19. The van der Waals surface area contributed by atoms with E-state index < -0.39 is 0 Å². The number of methoxy groups -OCH3 is 1. The van der Waals surface area contributed by atoms with Crippen molar-refractivity contribution in [2.24, 2.45) is 5.41 Å². The van der Waals surface area contributed by atoms with E-state index in [4.69, 9.17) is 4.74 Å². The summed E-state index contributed by atoms with van der Waals surface area (Å²) in [6, 6.07) is 0.554. The van der Waals surface area contributed by atoms with Crippen LogP contribution in [-0.2, 0) is 4.74 Å². The average molecular weight is 200 g/mol. The van der Waals surface area contributed by atoms with Gasteiger partial charge in [0, 0.05) is 26.2 Å². The summed E-state index contributed by atoms with van der Waals surface area (Å²) in [7, 11) is 3.81. The van der Waals surface area contributed by atoms with Crippen LogP contribution in [0.15, 0.2) is 0 Å². The van der Waals surface area contributed by atoms with Crippen molar-refractivity contribution in [3.05, 3.63) is 0 Å². The van der Waals surface area contributed by atoms with Crippen LogP contribution in [0.1, 0.15) is 20.3 Å². The Balaban J connectivity index is 2.39. The summed E-state index contributed by atoms with van der Waals surface area (Å²) >= 11 is 0. The van der Waals surface area contributed by atoms with Gasteiger partial charge in [0.05, 0.1) is 6.61 Å². The fourth-order valence-electron chi connectivity index (χ4n) is 2.36. The minimum atomic E-state index is 0.455. The minimum absolute atomic E-state index is 0.455. The van der Waals surface area contributed by atoms with E-state index in [2.05, 4.69) is 24.1 Å². The Morgan fingerprint density at radius 1 is 1.57 bits per heavy atom. The van der Waals surface area contributed by atoms with E-state index in [0.717, 1.165) is 13.2 Å². The van der Waals surface area contributed by atoms with Crippen molar-refractivity contribution in [1.82, 2.24) is 10.2 Å². The standard InChI is InChI=1S/C11H24N2O/c1-10(7-14-4)13-6-5-11(2,9-13)8-12-3/h10,12H,5-9H2,1-4H3. The lowest BCUT2D eigenvalue weighted by Crippen LogP contribution is -2.38. The van der Waals surface area contributed by atoms with Crippen LogP contribution in [0.2, 0.25) is 0 Å². The third-order valence-corrected chi connectivity index (χ3v) is 3.22. The zero-order chi connectivity index (χ0) is 10.6. The molecule has 14 heavy (non-hydrogen) atoms. The fourth-order valence-corrected chi connectivity index (χ4v) is 2.36. The third-order valence-electron chi connectivity index (χ3n) is 3.22. The summed E-state index contributed by atoms with van der Waals surface area (Å²) in [5.74, 6) is 0. The van der Waals surface area contributed by atoms with Crippen LogP contribution in [0.25, 0.3) is 0 Å². The van der Waals surface area contributed by atoms with Crippen molar-refractivity contribution in [3.63, 3.8) is 0 Å². The maximum absolute atomic E-state index is 5.19. The second-order valence-electron chi connectivity index (χ2n) is 4.87. The second kappa shape index (κ2) is 5.10. The SMILES string of the molecule is CNCC1(C)CCN(C(C)COC)C1. The number of nitrogens with zero attached hydrogens (tertiary/aromatic N) is 1. The molecule has 0 saturated carbocycles. The Hall–Kier alpha value is -0.120. The van der Waals surface area contributed by atoms with E-state index in [-0.39, 0.29) is 0 Å². The van der Waals surface area contributed by atoms with Crippen molar-refractivity contribution in [2.75, 3.05) is 40.4 Å². The number of hydrogen-bond acceptors (Lipinski definition) is 3. The molecule has 1 aliphatic heterocycles. The van der Waals surface area contributed by atoms with Gasteiger partial charge in [0.15, 0.2) is 0 Å². The summed E-state index contributed by atoms with van der Waals surface area (Å²) in [6.07, 6.45) is 1.29. The van der Waals surface area contributed by atoms with E-state index in [1.165, 1.54) is 19.5 Å². The lowest BCUT2D eigenvalue weighted by Gasteiger charge is -2.27. The molecule has 1 saturated heterocycles. The number of hydrogen-bond donors (Lipinski definition) is 1. The van der Waals surface area contributed by atoms with Gasteiger partial charge in [0.2, 0.25) is 0 Å². The molecular weight excluding hydrogens is 176 g/mol. The number of likely N-dealkylation sites (tertiary alicyclic amines) is 1. The first-order chi connectivity index (χ1) is 6.61. The van der Waals surface area contributed by atoms with Gasteiger partial charge in [-0.15, -0.1) is 0 Å². The molecule has 0 amide bonds. The highest BCUT2D eigenvalue weighted by Gasteiger charge is 2.34. The Kier molecular flexibility index (Phi) is 4.35. The quantitative estimate of drug-likeness (QED) is 0.715. The van der Waals surface area contributed by atoms with Gasteiger partial charge in [-0.2, -0.15) is 0 Å². The van der Waals surface area contributed by atoms with Crippen molar-refractivity contribution in [3.8, 4) is 0 Å². The first-order valence-corrected chi connectivity index (χ1v) is 5.49. The lowest BCUT2D eigenvalue weighted by atomic mass is 9.90. The Labute approximate surface area is 87.8 Å². The van der Waals surface area contributed by atoms with Crippen LogP contribution in [0.5, 0.6) is 0 Å². The first-order valence-electron chi connectivity index (χ1n) is 5.49. The second-order valence-corrected chi connectivity index (χ2v) is 4.87. The molecule has 0 aromatic heterocycles. The monoisotopic (exact) mass is 200 g/mol. The maximum Gasteiger partial charge on any atom is 0.0615 e. The molecule has 1 N–H and O–H groups in total. The Morgan fingerprint density at radius 2 is 2.29 bits per heavy atom. The summed E-state index contributed by atoms with van der Waals surface area (Å²) in [5, 5.41) is 3.28. The largest absolute Gasteiger partial charge is 0.383 e. The van der Waals surface area contributed by atoms with Crippen molar-refractivity contribution in [1.29, 1.82) is 0 Å². The van der Waals surface area contributed by atoms with E-state index >= 15 is 0 Å². The van der Waals surface area contributed by atoms with Gasteiger partial charge in [0.1, 0.15) is 0 Å². The number of ether oxygens (including phenoxy) is 1. The predicted molar refractivity (Wildman–Crippen MR) is 59.6 cm³/mol. The molecule has 84 valence electrons. The lowest BCUT2D eigenvalue weighted by molar-refractivity contribution is 0.107. The van der Waals surface area contributed by atoms with Gasteiger partial charge in [-0.25, -0.2) is 0 Å². The molecule has 3 nitrogen and oxygen atoms in total. The van der Waals surface area contributed by atoms with Crippen LogP contribution in [0, 0.1) is 5.41 Å². The summed E-state index contributed by atoms with van der Waals surface area (Å²) in [6.45, 7) is 8.97. The topological polar surface area (TPSA) is 24.5 Å². The van der Waals surface area contributed by atoms with Crippen LogP contribution >= 0.6 is 0 Å². The zero-order valence-electron chi connectivity index (χ0n) is 9.97. The van der Waals surface area contributed by atoms with Crippen molar-refractivity contribution >= 4 is 0 Å². The minimum Gasteiger partial charge on any atom is -0.383 e. The van der Waals surface area contributed by atoms with Crippen LogP contribution in [0.3, 0.4) is 0 Å². The van der Waals surface area contributed by atoms with Crippen molar-refractivity contribution < 1.29 is 4.74 Å². The van der Waals surface area contributed by atoms with Gasteiger partial charge < -0.3 is 10.1 Å². The van der Waals surface area contributed by atoms with Crippen LogP contribution < -0.4 is 5.32 Å². The van der Waals surface area contributed by atoms with E-state index in [1.54, 1.807) is 7.11 Å². The van der Waals surface area contributed by atoms with Gasteiger partial charge in [-0.05, 0) is 32.4 Å². The molecule has 2 unspecified atom stereocenters. The summed E-state index contributed by atoms with van der Waals surface area (Å²) in [5.41, 5.74) is 0.455. The van der Waals surface area contributed by atoms with E-state index in [0.29, 0.717) is 11.5 Å². The molecular formula is C11H24N2O. The molecule has 1 heterocycles. The first kappa shape index (κ1) is 12.0. The number of rotatable bonds is 5. The highest BCUT2D eigenvalue weighted by atomic mass is 16.5. The molecule has 0 radical (unpaired) electrons. The molecule has 3 heteroatoms. The van der Waals surface area contributed by atoms with Crippen molar-refractivity contribution in [2.45, 2.75) is 26.3 Å². The highest BCUT2D eigenvalue weighted by Crippen LogP contribution is 2.30. The zero-order valence-corrected chi connectivity index (χ0v) is 9.97. The average Bonchev–Trinajstić information content (AvgIpc) is 2.49.